The highest BCUT2D eigenvalue weighted by atomic mass is 16.5. The van der Waals surface area contributed by atoms with Crippen molar-refractivity contribution in [3.05, 3.63) is 59.7 Å². The molecule has 0 bridgehead atoms. The average Bonchev–Trinajstić information content (AvgIpc) is 2.90. The van der Waals surface area contributed by atoms with Crippen LogP contribution in [0.3, 0.4) is 0 Å². The first-order valence-corrected chi connectivity index (χ1v) is 10.6. The van der Waals surface area contributed by atoms with Gasteiger partial charge in [0, 0.05) is 26.2 Å². The van der Waals surface area contributed by atoms with E-state index in [9.17, 15) is 19.2 Å². The van der Waals surface area contributed by atoms with Crippen LogP contribution in [0.15, 0.2) is 48.5 Å². The minimum atomic E-state index is -0.626. The van der Waals surface area contributed by atoms with Crippen molar-refractivity contribution in [2.45, 2.75) is 0 Å². The Kier molecular flexibility index (Phi) is 8.44. The van der Waals surface area contributed by atoms with Crippen molar-refractivity contribution in [1.29, 1.82) is 0 Å². The third-order valence-electron chi connectivity index (χ3n) is 5.25. The molecule has 34 heavy (non-hydrogen) atoms. The molecule has 10 nitrogen and oxygen atoms in total. The van der Waals surface area contributed by atoms with Gasteiger partial charge in [-0.15, -0.1) is 0 Å². The van der Waals surface area contributed by atoms with E-state index in [1.54, 1.807) is 36.4 Å². The van der Waals surface area contributed by atoms with Crippen LogP contribution in [0, 0.1) is 0 Å². The average molecular weight is 470 g/mol. The summed E-state index contributed by atoms with van der Waals surface area (Å²) in [6.45, 7) is 0.330. The zero-order valence-electron chi connectivity index (χ0n) is 19.0. The molecule has 0 aromatic heterocycles. The molecule has 0 unspecified atom stereocenters. The van der Waals surface area contributed by atoms with Crippen molar-refractivity contribution in [3.63, 3.8) is 0 Å². The Labute approximate surface area is 196 Å². The lowest BCUT2D eigenvalue weighted by molar-refractivity contribution is -0.142. The van der Waals surface area contributed by atoms with Crippen molar-refractivity contribution in [2.75, 3.05) is 53.6 Å². The zero-order chi connectivity index (χ0) is 24.5. The van der Waals surface area contributed by atoms with Gasteiger partial charge in [-0.1, -0.05) is 12.1 Å². The second kappa shape index (κ2) is 11.7. The first-order valence-electron chi connectivity index (χ1n) is 10.6. The van der Waals surface area contributed by atoms with Crippen LogP contribution in [0.2, 0.25) is 0 Å². The summed E-state index contributed by atoms with van der Waals surface area (Å²) in [6.07, 6.45) is 0. The van der Waals surface area contributed by atoms with E-state index in [4.69, 9.17) is 18.9 Å². The Morgan fingerprint density at radius 3 is 1.41 bits per heavy atom. The lowest BCUT2D eigenvalue weighted by Gasteiger charge is -2.34. The van der Waals surface area contributed by atoms with Crippen molar-refractivity contribution < 1.29 is 38.1 Å². The molecule has 1 aliphatic heterocycles. The summed E-state index contributed by atoms with van der Waals surface area (Å²) in [5.41, 5.74) is 0.567. The molecule has 10 heteroatoms. The molecule has 0 N–H and O–H groups in total. The molecule has 0 spiro atoms. The number of amides is 2. The molecular weight excluding hydrogens is 444 g/mol. The summed E-state index contributed by atoms with van der Waals surface area (Å²) in [5, 5.41) is 0. The van der Waals surface area contributed by atoms with Gasteiger partial charge in [-0.2, -0.15) is 0 Å². The normalized spacial score (nSPS) is 13.1. The molecule has 0 aliphatic carbocycles. The van der Waals surface area contributed by atoms with Gasteiger partial charge in [-0.3, -0.25) is 9.59 Å². The van der Waals surface area contributed by atoms with E-state index in [0.717, 1.165) is 0 Å². The maximum absolute atomic E-state index is 12.4. The Morgan fingerprint density at radius 2 is 1.06 bits per heavy atom. The maximum atomic E-state index is 12.4. The highest BCUT2D eigenvalue weighted by Crippen LogP contribution is 2.15. The van der Waals surface area contributed by atoms with Crippen molar-refractivity contribution in [1.82, 2.24) is 9.80 Å². The molecule has 3 rings (SSSR count). The Hall–Kier alpha value is -4.08. The largest absolute Gasteiger partial charge is 0.497 e. The number of piperazine rings is 1. The summed E-state index contributed by atoms with van der Waals surface area (Å²) in [4.78, 5) is 52.1. The smallest absolute Gasteiger partial charge is 0.338 e. The van der Waals surface area contributed by atoms with Gasteiger partial charge in [0.15, 0.2) is 13.2 Å². The van der Waals surface area contributed by atoms with Gasteiger partial charge in [0.05, 0.1) is 25.3 Å². The third kappa shape index (κ3) is 6.47. The molecule has 180 valence electrons. The molecule has 2 aromatic carbocycles. The van der Waals surface area contributed by atoms with Crippen LogP contribution in [0.25, 0.3) is 0 Å². The van der Waals surface area contributed by atoms with E-state index in [1.807, 2.05) is 0 Å². The summed E-state index contributed by atoms with van der Waals surface area (Å²) in [5.74, 6) is -0.940. The highest BCUT2D eigenvalue weighted by Gasteiger charge is 2.25. The fraction of sp³-hybridized carbons (Fsp3) is 0.333. The first kappa shape index (κ1) is 24.6. The standard InChI is InChI=1S/C24H26N2O8/c1-31-19-7-3-5-17(13-19)23(29)33-15-21(27)25-9-11-26(12-10-25)22(28)16-34-24(30)18-6-4-8-20(14-18)32-2/h3-8,13-14H,9-12,15-16H2,1-2H3. The van der Waals surface area contributed by atoms with Crippen molar-refractivity contribution in [3.8, 4) is 11.5 Å². The predicted octanol–water partition coefficient (Wildman–Crippen LogP) is 1.39. The molecular formula is C24H26N2O8. The molecule has 0 saturated carbocycles. The van der Waals surface area contributed by atoms with E-state index < -0.39 is 25.2 Å². The van der Waals surface area contributed by atoms with Gasteiger partial charge in [-0.05, 0) is 36.4 Å². The SMILES string of the molecule is COc1cccc(C(=O)OCC(=O)N2CCN(C(=O)COC(=O)c3cccc(OC)c3)CC2)c1. The van der Waals surface area contributed by atoms with Crippen LogP contribution in [0.4, 0.5) is 0 Å². The number of ether oxygens (including phenoxy) is 4. The summed E-state index contributed by atoms with van der Waals surface area (Å²) < 4.78 is 20.4. The third-order valence-corrected chi connectivity index (χ3v) is 5.25. The van der Waals surface area contributed by atoms with Crippen LogP contribution < -0.4 is 9.47 Å². The Balaban J connectivity index is 1.40. The lowest BCUT2D eigenvalue weighted by atomic mass is 10.2. The molecule has 1 aliphatic rings. The minimum Gasteiger partial charge on any atom is -0.497 e. The van der Waals surface area contributed by atoms with E-state index >= 15 is 0 Å². The number of rotatable bonds is 8. The second-order valence-corrected chi connectivity index (χ2v) is 7.38. The van der Waals surface area contributed by atoms with E-state index in [1.165, 1.54) is 36.2 Å². The molecule has 1 heterocycles. The minimum absolute atomic E-state index is 0.283. The van der Waals surface area contributed by atoms with Gasteiger partial charge >= 0.3 is 11.9 Å². The fourth-order valence-corrected chi connectivity index (χ4v) is 3.31. The van der Waals surface area contributed by atoms with E-state index in [-0.39, 0.29) is 49.1 Å². The number of hydrogen-bond acceptors (Lipinski definition) is 8. The van der Waals surface area contributed by atoms with Crippen LogP contribution in [-0.2, 0) is 19.1 Å². The molecule has 1 saturated heterocycles. The molecule has 0 atom stereocenters. The summed E-state index contributed by atoms with van der Waals surface area (Å²) >= 11 is 0. The first-order chi connectivity index (χ1) is 16.4. The second-order valence-electron chi connectivity index (χ2n) is 7.38. The van der Waals surface area contributed by atoms with Crippen LogP contribution in [-0.4, -0.2) is 87.2 Å². The van der Waals surface area contributed by atoms with Crippen LogP contribution in [0.1, 0.15) is 20.7 Å². The monoisotopic (exact) mass is 470 g/mol. The van der Waals surface area contributed by atoms with E-state index in [0.29, 0.717) is 11.5 Å². The van der Waals surface area contributed by atoms with Crippen molar-refractivity contribution >= 4 is 23.8 Å². The topological polar surface area (TPSA) is 112 Å². The number of carbonyl (C=O) groups excluding carboxylic acids is 4. The molecule has 1 fully saturated rings. The van der Waals surface area contributed by atoms with Gasteiger partial charge in [0.1, 0.15) is 11.5 Å². The summed E-state index contributed by atoms with van der Waals surface area (Å²) in [6, 6.07) is 12.9. The number of nitrogens with zero attached hydrogens (tertiary/aromatic N) is 2. The number of carbonyl (C=O) groups is 4. The van der Waals surface area contributed by atoms with Crippen LogP contribution >= 0.6 is 0 Å². The van der Waals surface area contributed by atoms with Crippen LogP contribution in [0.5, 0.6) is 11.5 Å². The van der Waals surface area contributed by atoms with Gasteiger partial charge in [0.25, 0.3) is 11.8 Å². The fourth-order valence-electron chi connectivity index (χ4n) is 3.31. The number of esters is 2. The number of hydrogen-bond donors (Lipinski definition) is 0. The lowest BCUT2D eigenvalue weighted by Crippen LogP contribution is -2.52. The number of benzene rings is 2. The van der Waals surface area contributed by atoms with Crippen molar-refractivity contribution in [2.24, 2.45) is 0 Å². The van der Waals surface area contributed by atoms with Gasteiger partial charge in [-0.25, -0.2) is 9.59 Å². The zero-order valence-corrected chi connectivity index (χ0v) is 19.0. The molecule has 2 aromatic rings. The highest BCUT2D eigenvalue weighted by molar-refractivity contribution is 5.92. The predicted molar refractivity (Wildman–Crippen MR) is 120 cm³/mol. The van der Waals surface area contributed by atoms with Gasteiger partial charge < -0.3 is 28.7 Å². The van der Waals surface area contributed by atoms with Gasteiger partial charge in [0.2, 0.25) is 0 Å². The maximum Gasteiger partial charge on any atom is 0.338 e. The quantitative estimate of drug-likeness (QED) is 0.532. The molecule has 2 amide bonds. The Morgan fingerprint density at radius 1 is 0.676 bits per heavy atom. The van der Waals surface area contributed by atoms with E-state index in [2.05, 4.69) is 0 Å². The Bertz CT molecular complexity index is 963. The summed E-state index contributed by atoms with van der Waals surface area (Å²) in [7, 11) is 2.98. The number of methoxy groups -OCH3 is 2. The molecule has 0 radical (unpaired) electrons.